The SMILES string of the molecule is COC(=O)c1ccccc1N[C@H](c1ccccc1)c1ccc2cccnc2c1O. The van der Waals surface area contributed by atoms with Crippen molar-refractivity contribution in [1.82, 2.24) is 4.98 Å². The van der Waals surface area contributed by atoms with Gasteiger partial charge < -0.3 is 15.2 Å². The number of carbonyl (C=O) groups is 1. The quantitative estimate of drug-likeness (QED) is 0.478. The minimum atomic E-state index is -0.427. The number of nitrogens with one attached hydrogen (secondary N) is 1. The van der Waals surface area contributed by atoms with Gasteiger partial charge in [0.25, 0.3) is 0 Å². The fourth-order valence-electron chi connectivity index (χ4n) is 3.42. The number of pyridine rings is 1. The standard InChI is InChI=1S/C24H20N2O3/c1-29-24(28)18-11-5-6-12-20(18)26-21(16-8-3-2-4-9-16)19-14-13-17-10-7-15-25-22(17)23(19)27/h2-15,21,26-27H,1H3/t21-/m1/s1. The highest BCUT2D eigenvalue weighted by molar-refractivity contribution is 5.95. The molecule has 1 aromatic heterocycles. The number of hydrogen-bond donors (Lipinski definition) is 2. The smallest absolute Gasteiger partial charge is 0.339 e. The third kappa shape index (κ3) is 3.62. The maximum absolute atomic E-state index is 12.2. The highest BCUT2D eigenvalue weighted by atomic mass is 16.5. The molecule has 144 valence electrons. The second-order valence-electron chi connectivity index (χ2n) is 6.60. The van der Waals surface area contributed by atoms with Crippen LogP contribution in [0.2, 0.25) is 0 Å². The van der Waals surface area contributed by atoms with E-state index in [0.29, 0.717) is 22.3 Å². The minimum Gasteiger partial charge on any atom is -0.505 e. The topological polar surface area (TPSA) is 71.5 Å². The second kappa shape index (κ2) is 8.02. The number of esters is 1. The normalized spacial score (nSPS) is 11.8. The number of phenolic OH excluding ortho intramolecular Hbond substituents is 1. The maximum Gasteiger partial charge on any atom is 0.339 e. The van der Waals surface area contributed by atoms with Gasteiger partial charge in [0.1, 0.15) is 11.3 Å². The molecule has 2 N–H and O–H groups in total. The molecule has 1 heterocycles. The Labute approximate surface area is 168 Å². The number of benzene rings is 3. The zero-order valence-corrected chi connectivity index (χ0v) is 15.9. The molecule has 0 saturated heterocycles. The number of carbonyl (C=O) groups excluding carboxylic acids is 1. The van der Waals surface area contributed by atoms with Crippen molar-refractivity contribution in [3.8, 4) is 5.75 Å². The van der Waals surface area contributed by atoms with Crippen LogP contribution < -0.4 is 5.32 Å². The Bertz CT molecular complexity index is 1160. The number of hydrogen-bond acceptors (Lipinski definition) is 5. The average Bonchev–Trinajstić information content (AvgIpc) is 2.78. The van der Waals surface area contributed by atoms with Crippen LogP contribution >= 0.6 is 0 Å². The van der Waals surface area contributed by atoms with Crippen LogP contribution in [0.3, 0.4) is 0 Å². The van der Waals surface area contributed by atoms with Gasteiger partial charge in [-0.05, 0) is 23.8 Å². The summed E-state index contributed by atoms with van der Waals surface area (Å²) in [5.41, 5.74) is 3.19. The summed E-state index contributed by atoms with van der Waals surface area (Å²) in [4.78, 5) is 16.5. The summed E-state index contributed by atoms with van der Waals surface area (Å²) >= 11 is 0. The molecule has 1 atom stereocenters. The van der Waals surface area contributed by atoms with E-state index in [2.05, 4.69) is 10.3 Å². The summed E-state index contributed by atoms with van der Waals surface area (Å²) in [7, 11) is 1.36. The Morgan fingerprint density at radius 1 is 0.966 bits per heavy atom. The van der Waals surface area contributed by atoms with Crippen LogP contribution in [0, 0.1) is 0 Å². The summed E-state index contributed by atoms with van der Waals surface area (Å²) in [6, 6.07) is 24.1. The van der Waals surface area contributed by atoms with Crippen LogP contribution in [0.4, 0.5) is 5.69 Å². The number of nitrogens with zero attached hydrogens (tertiary/aromatic N) is 1. The zero-order chi connectivity index (χ0) is 20.2. The molecule has 5 heteroatoms. The predicted octanol–water partition coefficient (Wildman–Crippen LogP) is 4.93. The molecule has 0 fully saturated rings. The Balaban J connectivity index is 1.85. The van der Waals surface area contributed by atoms with E-state index in [4.69, 9.17) is 4.74 Å². The molecule has 0 radical (unpaired) electrons. The van der Waals surface area contributed by atoms with E-state index in [-0.39, 0.29) is 5.75 Å². The number of para-hydroxylation sites is 1. The van der Waals surface area contributed by atoms with Gasteiger partial charge in [-0.15, -0.1) is 0 Å². The number of aromatic hydroxyl groups is 1. The number of methoxy groups -OCH3 is 1. The lowest BCUT2D eigenvalue weighted by molar-refractivity contribution is 0.0602. The second-order valence-corrected chi connectivity index (χ2v) is 6.60. The van der Waals surface area contributed by atoms with Crippen LogP contribution in [0.5, 0.6) is 5.75 Å². The van der Waals surface area contributed by atoms with Crippen LogP contribution in [0.25, 0.3) is 10.9 Å². The first-order chi connectivity index (χ1) is 14.2. The van der Waals surface area contributed by atoms with Crippen molar-refractivity contribution >= 4 is 22.6 Å². The monoisotopic (exact) mass is 384 g/mol. The molecule has 0 aliphatic carbocycles. The largest absolute Gasteiger partial charge is 0.505 e. The van der Waals surface area contributed by atoms with Crippen LogP contribution in [-0.4, -0.2) is 23.2 Å². The molecule has 5 nitrogen and oxygen atoms in total. The number of aromatic nitrogens is 1. The van der Waals surface area contributed by atoms with Crippen molar-refractivity contribution in [2.45, 2.75) is 6.04 Å². The lowest BCUT2D eigenvalue weighted by Crippen LogP contribution is -2.15. The molecule has 0 aliphatic rings. The van der Waals surface area contributed by atoms with Gasteiger partial charge in [-0.1, -0.05) is 60.7 Å². The molecule has 4 rings (SSSR count). The number of fused-ring (bicyclic) bond motifs is 1. The molecule has 0 saturated carbocycles. The zero-order valence-electron chi connectivity index (χ0n) is 15.9. The van der Waals surface area contributed by atoms with Gasteiger partial charge in [0.15, 0.2) is 0 Å². The number of phenols is 1. The van der Waals surface area contributed by atoms with Gasteiger partial charge in [-0.2, -0.15) is 0 Å². The van der Waals surface area contributed by atoms with E-state index in [1.165, 1.54) is 7.11 Å². The molecule has 0 bridgehead atoms. The van der Waals surface area contributed by atoms with Crippen LogP contribution in [0.1, 0.15) is 27.5 Å². The van der Waals surface area contributed by atoms with E-state index < -0.39 is 12.0 Å². The molecular formula is C24H20N2O3. The highest BCUT2D eigenvalue weighted by Gasteiger charge is 2.22. The fourth-order valence-corrected chi connectivity index (χ4v) is 3.42. The lowest BCUT2D eigenvalue weighted by atomic mass is 9.95. The first kappa shape index (κ1) is 18.5. The van der Waals surface area contributed by atoms with Gasteiger partial charge in [0.2, 0.25) is 0 Å². The van der Waals surface area contributed by atoms with Gasteiger partial charge in [0.05, 0.1) is 18.7 Å². The molecule has 0 spiro atoms. The van der Waals surface area contributed by atoms with Crippen molar-refractivity contribution in [2.75, 3.05) is 12.4 Å². The average molecular weight is 384 g/mol. The van der Waals surface area contributed by atoms with E-state index in [1.807, 2.05) is 66.7 Å². The van der Waals surface area contributed by atoms with Crippen molar-refractivity contribution < 1.29 is 14.6 Å². The molecule has 0 aliphatic heterocycles. The molecule has 0 amide bonds. The van der Waals surface area contributed by atoms with Crippen molar-refractivity contribution in [3.63, 3.8) is 0 Å². The minimum absolute atomic E-state index is 0.111. The summed E-state index contributed by atoms with van der Waals surface area (Å²) in [6.07, 6.45) is 1.66. The summed E-state index contributed by atoms with van der Waals surface area (Å²) in [5, 5.41) is 15.3. The van der Waals surface area contributed by atoms with Gasteiger partial charge in [-0.25, -0.2) is 4.79 Å². The third-order valence-corrected chi connectivity index (χ3v) is 4.86. The van der Waals surface area contributed by atoms with E-state index >= 15 is 0 Å². The predicted molar refractivity (Wildman–Crippen MR) is 113 cm³/mol. The fraction of sp³-hybridized carbons (Fsp3) is 0.0833. The maximum atomic E-state index is 12.2. The van der Waals surface area contributed by atoms with Gasteiger partial charge in [0, 0.05) is 22.8 Å². The Kier molecular flexibility index (Phi) is 5.12. The van der Waals surface area contributed by atoms with Crippen LogP contribution in [-0.2, 0) is 4.74 Å². The Morgan fingerprint density at radius 2 is 1.72 bits per heavy atom. The summed E-state index contributed by atoms with van der Waals surface area (Å²) < 4.78 is 4.91. The van der Waals surface area contributed by atoms with E-state index in [0.717, 1.165) is 10.9 Å². The summed E-state index contributed by atoms with van der Waals surface area (Å²) in [5.74, 6) is -0.315. The van der Waals surface area contributed by atoms with E-state index in [1.54, 1.807) is 18.3 Å². The first-order valence-electron chi connectivity index (χ1n) is 9.24. The Morgan fingerprint density at radius 3 is 2.52 bits per heavy atom. The molecule has 3 aromatic carbocycles. The van der Waals surface area contributed by atoms with Gasteiger partial charge in [-0.3, -0.25) is 4.98 Å². The number of ether oxygens (including phenoxy) is 1. The third-order valence-electron chi connectivity index (χ3n) is 4.86. The first-order valence-corrected chi connectivity index (χ1v) is 9.24. The van der Waals surface area contributed by atoms with Crippen molar-refractivity contribution in [3.05, 3.63) is 102 Å². The van der Waals surface area contributed by atoms with Gasteiger partial charge >= 0.3 is 5.97 Å². The molecule has 29 heavy (non-hydrogen) atoms. The molecule has 4 aromatic rings. The number of anilines is 1. The van der Waals surface area contributed by atoms with Crippen LogP contribution in [0.15, 0.2) is 85.1 Å². The van der Waals surface area contributed by atoms with Crippen molar-refractivity contribution in [1.29, 1.82) is 0 Å². The number of rotatable bonds is 5. The van der Waals surface area contributed by atoms with E-state index in [9.17, 15) is 9.90 Å². The lowest BCUT2D eigenvalue weighted by Gasteiger charge is -2.23. The van der Waals surface area contributed by atoms with Crippen molar-refractivity contribution in [2.24, 2.45) is 0 Å². The summed E-state index contributed by atoms with van der Waals surface area (Å²) in [6.45, 7) is 0. The highest BCUT2D eigenvalue weighted by Crippen LogP contribution is 2.37. The molecule has 0 unspecified atom stereocenters. The Hall–Kier alpha value is -3.86. The molecular weight excluding hydrogens is 364 g/mol.